The van der Waals surface area contributed by atoms with Gasteiger partial charge in [-0.05, 0) is 10.8 Å². The normalized spacial score (nSPS) is 9.00. The molecule has 0 atom stereocenters. The number of halogens is 1. The summed E-state index contributed by atoms with van der Waals surface area (Å²) in [5.74, 6) is 5.21. The minimum absolute atomic E-state index is 0.151. The molecule has 0 fully saturated rings. The van der Waals surface area contributed by atoms with Crippen LogP contribution >= 0.6 is 15.9 Å². The summed E-state index contributed by atoms with van der Waals surface area (Å²) in [6, 6.07) is 0. The monoisotopic (exact) mass is 243 g/mol. The van der Waals surface area contributed by atoms with E-state index in [-0.39, 0.29) is 11.5 Å². The fourth-order valence-corrected chi connectivity index (χ4v) is 0.910. The zero-order chi connectivity index (χ0) is 9.68. The molecule has 1 N–H and O–H groups in total. The first kappa shape index (κ1) is 9.74. The molecule has 1 rings (SSSR count). The fourth-order valence-electron chi connectivity index (χ4n) is 0.712. The molecule has 1 aromatic heterocycles. The van der Waals surface area contributed by atoms with Crippen molar-refractivity contribution in [2.75, 3.05) is 5.33 Å². The first-order chi connectivity index (χ1) is 6.25. The zero-order valence-corrected chi connectivity index (χ0v) is 8.17. The Labute approximate surface area is 82.8 Å². The maximum absolute atomic E-state index is 10.4. The van der Waals surface area contributed by atoms with E-state index in [2.05, 4.69) is 37.7 Å². The molecule has 6 heteroatoms. The summed E-state index contributed by atoms with van der Waals surface area (Å²) >= 11 is 3.20. The third kappa shape index (κ3) is 2.56. The van der Waals surface area contributed by atoms with E-state index >= 15 is 0 Å². The van der Waals surface area contributed by atoms with Gasteiger partial charge in [-0.25, -0.2) is 4.98 Å². The number of nitrogens with zero attached hydrogens (tertiary/aromatic N) is 2. The van der Waals surface area contributed by atoms with Gasteiger partial charge in [0.15, 0.2) is 6.33 Å². The van der Waals surface area contributed by atoms with Crippen molar-refractivity contribution < 1.29 is 4.92 Å². The van der Waals surface area contributed by atoms with Crippen LogP contribution in [0.25, 0.3) is 0 Å². The van der Waals surface area contributed by atoms with Crippen molar-refractivity contribution in [3.8, 4) is 11.8 Å². The van der Waals surface area contributed by atoms with Crippen molar-refractivity contribution in [2.24, 2.45) is 0 Å². The number of imidazole rings is 1. The molecule has 0 bridgehead atoms. The second kappa shape index (κ2) is 4.62. The minimum Gasteiger partial charge on any atom is -0.358 e. The van der Waals surface area contributed by atoms with Gasteiger partial charge in [0.05, 0.1) is 0 Å². The topological polar surface area (TPSA) is 71.8 Å². The maximum Gasteiger partial charge on any atom is 0.356 e. The lowest BCUT2D eigenvalue weighted by atomic mass is 10.4. The van der Waals surface area contributed by atoms with Gasteiger partial charge in [-0.1, -0.05) is 21.9 Å². The molecule has 0 amide bonds. The van der Waals surface area contributed by atoms with E-state index < -0.39 is 4.92 Å². The molecule has 0 saturated carbocycles. The Morgan fingerprint density at radius 1 is 1.77 bits per heavy atom. The van der Waals surface area contributed by atoms with Gasteiger partial charge in [-0.15, -0.1) is 0 Å². The molecule has 1 heterocycles. The van der Waals surface area contributed by atoms with Gasteiger partial charge in [-0.3, -0.25) is 0 Å². The van der Waals surface area contributed by atoms with E-state index in [0.717, 1.165) is 5.33 Å². The van der Waals surface area contributed by atoms with Gasteiger partial charge in [0.25, 0.3) is 0 Å². The Morgan fingerprint density at radius 3 is 3.15 bits per heavy atom. The van der Waals surface area contributed by atoms with E-state index in [0.29, 0.717) is 6.42 Å². The fraction of sp³-hybridized carbons (Fsp3) is 0.286. The van der Waals surface area contributed by atoms with E-state index in [9.17, 15) is 10.1 Å². The highest BCUT2D eigenvalue weighted by molar-refractivity contribution is 9.09. The largest absolute Gasteiger partial charge is 0.358 e. The molecule has 0 aliphatic rings. The van der Waals surface area contributed by atoms with Crippen LogP contribution in [0.1, 0.15) is 12.1 Å². The Balaban J connectivity index is 2.84. The Morgan fingerprint density at radius 2 is 2.54 bits per heavy atom. The number of hydrogen-bond donors (Lipinski definition) is 1. The van der Waals surface area contributed by atoms with Crippen molar-refractivity contribution in [3.63, 3.8) is 0 Å². The minimum atomic E-state index is -0.537. The van der Waals surface area contributed by atoms with E-state index in [1.54, 1.807) is 0 Å². The standard InChI is InChI=1S/C7H6BrN3O2/c8-4-2-1-3-6-7(11(12)13)10-5-9-6/h5H,2,4H2,(H,9,10). The van der Waals surface area contributed by atoms with Crippen molar-refractivity contribution in [1.82, 2.24) is 9.97 Å². The molecule has 1 aromatic rings. The van der Waals surface area contributed by atoms with Gasteiger partial charge < -0.3 is 10.1 Å². The van der Waals surface area contributed by atoms with Crippen LogP contribution in [0.5, 0.6) is 0 Å². The summed E-state index contributed by atoms with van der Waals surface area (Å²) in [5.41, 5.74) is 0.186. The molecule has 0 aromatic carbocycles. The van der Waals surface area contributed by atoms with Crippen LogP contribution in [0.15, 0.2) is 6.33 Å². The summed E-state index contributed by atoms with van der Waals surface area (Å²) < 4.78 is 0. The van der Waals surface area contributed by atoms with Crippen LogP contribution in [0.4, 0.5) is 5.82 Å². The number of H-pyrrole nitrogens is 1. The molecule has 0 spiro atoms. The quantitative estimate of drug-likeness (QED) is 0.370. The third-order valence-corrected chi connectivity index (χ3v) is 1.62. The van der Waals surface area contributed by atoms with Gasteiger partial charge in [-0.2, -0.15) is 4.98 Å². The van der Waals surface area contributed by atoms with Crippen LogP contribution in [-0.4, -0.2) is 20.2 Å². The number of aromatic nitrogens is 2. The molecule has 13 heavy (non-hydrogen) atoms. The summed E-state index contributed by atoms with van der Waals surface area (Å²) in [6.45, 7) is 0. The third-order valence-electron chi connectivity index (χ3n) is 1.23. The average Bonchev–Trinajstić information content (AvgIpc) is 2.53. The van der Waals surface area contributed by atoms with Crippen molar-refractivity contribution >= 4 is 21.7 Å². The predicted molar refractivity (Wildman–Crippen MR) is 50.5 cm³/mol. The number of alkyl halides is 1. The van der Waals surface area contributed by atoms with Gasteiger partial charge in [0, 0.05) is 11.8 Å². The molecular weight excluding hydrogens is 238 g/mol. The number of nitrogens with one attached hydrogen (secondary N) is 1. The average molecular weight is 244 g/mol. The SMILES string of the molecule is O=[N+]([O-])c1[nH]cnc1C#CCCBr. The van der Waals surface area contributed by atoms with Gasteiger partial charge >= 0.3 is 5.82 Å². The molecular formula is C7H6BrN3O2. The highest BCUT2D eigenvalue weighted by atomic mass is 79.9. The zero-order valence-electron chi connectivity index (χ0n) is 6.58. The predicted octanol–water partition coefficient (Wildman–Crippen LogP) is 1.45. The number of nitro groups is 1. The molecule has 5 nitrogen and oxygen atoms in total. The van der Waals surface area contributed by atoms with Crippen LogP contribution < -0.4 is 0 Å². The van der Waals surface area contributed by atoms with Crippen molar-refractivity contribution in [3.05, 3.63) is 22.1 Å². The number of aromatic amines is 1. The summed E-state index contributed by atoms with van der Waals surface area (Å²) in [4.78, 5) is 16.0. The molecule has 0 unspecified atom stereocenters. The molecule has 0 saturated heterocycles. The Kier molecular flexibility index (Phi) is 3.46. The highest BCUT2D eigenvalue weighted by Crippen LogP contribution is 2.09. The second-order valence-corrected chi connectivity index (χ2v) is 2.89. The molecule has 0 radical (unpaired) electrons. The van der Waals surface area contributed by atoms with Gasteiger partial charge in [0.2, 0.25) is 5.69 Å². The highest BCUT2D eigenvalue weighted by Gasteiger charge is 2.11. The Bertz CT molecular complexity index is 363. The molecule has 0 aliphatic heterocycles. The summed E-state index contributed by atoms with van der Waals surface area (Å²) in [5, 5.41) is 11.1. The molecule has 0 aliphatic carbocycles. The first-order valence-corrected chi connectivity index (χ1v) is 4.60. The summed E-state index contributed by atoms with van der Waals surface area (Å²) in [6.07, 6.45) is 1.90. The van der Waals surface area contributed by atoms with E-state index in [4.69, 9.17) is 0 Å². The number of rotatable bonds is 2. The first-order valence-electron chi connectivity index (χ1n) is 3.48. The molecule has 68 valence electrons. The lowest BCUT2D eigenvalue weighted by Crippen LogP contribution is -1.90. The van der Waals surface area contributed by atoms with Crippen LogP contribution in [0, 0.1) is 22.0 Å². The van der Waals surface area contributed by atoms with Crippen LogP contribution in [0.2, 0.25) is 0 Å². The lowest BCUT2D eigenvalue weighted by Gasteiger charge is -1.87. The van der Waals surface area contributed by atoms with Crippen LogP contribution in [0.3, 0.4) is 0 Å². The van der Waals surface area contributed by atoms with Gasteiger partial charge in [0.1, 0.15) is 0 Å². The Hall–Kier alpha value is -1.35. The lowest BCUT2D eigenvalue weighted by molar-refractivity contribution is -0.389. The van der Waals surface area contributed by atoms with Crippen molar-refractivity contribution in [2.45, 2.75) is 6.42 Å². The smallest absolute Gasteiger partial charge is 0.356 e. The van der Waals surface area contributed by atoms with E-state index in [1.165, 1.54) is 6.33 Å². The summed E-state index contributed by atoms with van der Waals surface area (Å²) in [7, 11) is 0. The van der Waals surface area contributed by atoms with Crippen molar-refractivity contribution in [1.29, 1.82) is 0 Å². The van der Waals surface area contributed by atoms with Crippen LogP contribution in [-0.2, 0) is 0 Å². The van der Waals surface area contributed by atoms with E-state index in [1.807, 2.05) is 0 Å². The second-order valence-electron chi connectivity index (χ2n) is 2.10. The number of hydrogen-bond acceptors (Lipinski definition) is 3. The maximum atomic E-state index is 10.4.